The Balaban J connectivity index is 0.00000729. The lowest BCUT2D eigenvalue weighted by Gasteiger charge is -2.35. The monoisotopic (exact) mass is 755 g/mol. The topological polar surface area (TPSA) is 194 Å². The van der Waals surface area contributed by atoms with Gasteiger partial charge < -0.3 is 32.1 Å². The van der Waals surface area contributed by atoms with Crippen LogP contribution in [0.5, 0.6) is 0 Å². The molecule has 3 aromatic rings. The van der Waals surface area contributed by atoms with Gasteiger partial charge in [-0.3, -0.25) is 24.2 Å². The molecule has 0 spiro atoms. The molecule has 3 heterocycles. The molecule has 1 aliphatic rings. The molecule has 0 aliphatic carbocycles. The van der Waals surface area contributed by atoms with E-state index in [9.17, 15) is 24.3 Å². The normalized spacial score (nSPS) is 17.5. The number of nitrogens with one attached hydrogen (secondary N) is 2. The van der Waals surface area contributed by atoms with Gasteiger partial charge in [0.2, 0.25) is 23.6 Å². The van der Waals surface area contributed by atoms with Crippen molar-refractivity contribution in [3.8, 4) is 10.4 Å². The maximum Gasteiger partial charge on any atom is 0.246 e. The Morgan fingerprint density at radius 2 is 1.75 bits per heavy atom. The third-order valence-corrected chi connectivity index (χ3v) is 10.3. The number of β-amino-alcohol motifs (C(OH)–C–C–N with tert-alkyl or cyclic N) is 1. The zero-order chi connectivity index (χ0) is 37.3. The largest absolute Gasteiger partial charge is 0.391 e. The van der Waals surface area contributed by atoms with Gasteiger partial charge in [-0.05, 0) is 73.8 Å². The molecule has 1 aromatic carbocycles. The highest BCUT2D eigenvalue weighted by Gasteiger charge is 2.44. The van der Waals surface area contributed by atoms with Crippen LogP contribution in [0.15, 0.2) is 48.1 Å². The lowest BCUT2D eigenvalue weighted by atomic mass is 9.85. The highest BCUT2D eigenvalue weighted by molar-refractivity contribution is 7.13. The van der Waals surface area contributed by atoms with Crippen LogP contribution in [0.2, 0.25) is 0 Å². The minimum absolute atomic E-state index is 0. The smallest absolute Gasteiger partial charge is 0.246 e. The van der Waals surface area contributed by atoms with E-state index < -0.39 is 29.5 Å². The number of amides is 4. The minimum Gasteiger partial charge on any atom is -0.391 e. The molecule has 2 aromatic heterocycles. The number of primary amides is 1. The number of carbonyl (C=O) groups is 4. The number of nitrogens with zero attached hydrogens (tertiary/aromatic N) is 3. The first-order valence-electron chi connectivity index (χ1n) is 17.7. The SMILES string of the molecule is Cc1ncsc1-c1ccc([C@H](C)NC(=O)[C@@H]2C[C@@H](O)CN2C(=O)[C@@H](NC(=O)CCCCCc2ccnc([C@@H](N)CCC(N)=O)c2)C(C)(C)C)cc1.Cl. The summed E-state index contributed by atoms with van der Waals surface area (Å²) >= 11 is 1.58. The van der Waals surface area contributed by atoms with Gasteiger partial charge >= 0.3 is 0 Å². The fraction of sp³-hybridized carbons (Fsp3) is 0.526. The Morgan fingerprint density at radius 3 is 2.38 bits per heavy atom. The molecule has 1 fully saturated rings. The van der Waals surface area contributed by atoms with Crippen molar-refractivity contribution in [3.05, 3.63) is 70.6 Å². The zero-order valence-corrected chi connectivity index (χ0v) is 32.4. The zero-order valence-electron chi connectivity index (χ0n) is 30.8. The number of rotatable bonds is 16. The lowest BCUT2D eigenvalue weighted by Crippen LogP contribution is -2.57. The summed E-state index contributed by atoms with van der Waals surface area (Å²) in [5.74, 6) is -1.35. The highest BCUT2D eigenvalue weighted by Crippen LogP contribution is 2.30. The molecule has 0 saturated carbocycles. The molecule has 284 valence electrons. The van der Waals surface area contributed by atoms with Gasteiger partial charge in [-0.15, -0.1) is 23.7 Å². The van der Waals surface area contributed by atoms with Crippen LogP contribution in [0.3, 0.4) is 0 Å². The van der Waals surface area contributed by atoms with E-state index in [0.717, 1.165) is 52.2 Å². The lowest BCUT2D eigenvalue weighted by molar-refractivity contribution is -0.144. The summed E-state index contributed by atoms with van der Waals surface area (Å²) in [7, 11) is 0. The highest BCUT2D eigenvalue weighted by atomic mass is 35.5. The van der Waals surface area contributed by atoms with E-state index in [2.05, 4.69) is 20.6 Å². The molecular weight excluding hydrogens is 702 g/mol. The second kappa shape index (κ2) is 19.2. The Labute approximate surface area is 317 Å². The summed E-state index contributed by atoms with van der Waals surface area (Å²) in [6, 6.07) is 9.42. The van der Waals surface area contributed by atoms with Crippen LogP contribution >= 0.6 is 23.7 Å². The fourth-order valence-electron chi connectivity index (χ4n) is 6.34. The van der Waals surface area contributed by atoms with Gasteiger partial charge in [0.05, 0.1) is 33.9 Å². The van der Waals surface area contributed by atoms with Crippen LogP contribution in [0, 0.1) is 12.3 Å². The fourth-order valence-corrected chi connectivity index (χ4v) is 7.15. The number of hydrogen-bond donors (Lipinski definition) is 5. The molecule has 4 amide bonds. The van der Waals surface area contributed by atoms with Gasteiger partial charge in [0, 0.05) is 38.0 Å². The number of aliphatic hydroxyl groups is 1. The van der Waals surface area contributed by atoms with Crippen molar-refractivity contribution < 1.29 is 24.3 Å². The predicted octanol–water partition coefficient (Wildman–Crippen LogP) is 4.67. The van der Waals surface area contributed by atoms with E-state index in [1.54, 1.807) is 17.5 Å². The van der Waals surface area contributed by atoms with E-state index >= 15 is 0 Å². The van der Waals surface area contributed by atoms with Crippen LogP contribution in [-0.2, 0) is 25.6 Å². The molecule has 0 radical (unpaired) electrons. The van der Waals surface area contributed by atoms with Crippen LogP contribution in [-0.4, -0.2) is 68.3 Å². The number of benzene rings is 1. The summed E-state index contributed by atoms with van der Waals surface area (Å²) in [5, 5.41) is 16.5. The molecule has 0 bridgehead atoms. The molecule has 52 heavy (non-hydrogen) atoms. The Kier molecular flexibility index (Phi) is 15.7. The van der Waals surface area contributed by atoms with Crippen LogP contribution in [0.4, 0.5) is 0 Å². The predicted molar refractivity (Wildman–Crippen MR) is 205 cm³/mol. The average molecular weight is 756 g/mol. The van der Waals surface area contributed by atoms with Crippen LogP contribution < -0.4 is 22.1 Å². The van der Waals surface area contributed by atoms with E-state index in [-0.39, 0.29) is 68.0 Å². The maximum atomic E-state index is 14.0. The van der Waals surface area contributed by atoms with Crippen molar-refractivity contribution in [2.24, 2.45) is 16.9 Å². The number of thiazole rings is 1. The molecule has 0 unspecified atom stereocenters. The first-order chi connectivity index (χ1) is 24.1. The van der Waals surface area contributed by atoms with Gasteiger partial charge in [0.25, 0.3) is 0 Å². The second-order valence-corrected chi connectivity index (χ2v) is 15.5. The molecular formula is C38H54ClN7O5S. The number of carbonyl (C=O) groups excluding carboxylic acids is 4. The van der Waals surface area contributed by atoms with Gasteiger partial charge in [0.15, 0.2) is 0 Å². The quantitative estimate of drug-likeness (QED) is 0.130. The molecule has 4 rings (SSSR count). The number of unbranched alkanes of at least 4 members (excludes halogenated alkanes) is 2. The number of likely N-dealkylation sites (tertiary alicyclic amines) is 1. The minimum atomic E-state index is -0.875. The van der Waals surface area contributed by atoms with Crippen LogP contribution in [0.1, 0.15) is 107 Å². The van der Waals surface area contributed by atoms with Crippen molar-refractivity contribution in [2.75, 3.05) is 6.54 Å². The van der Waals surface area contributed by atoms with E-state index in [1.807, 2.05) is 76.5 Å². The van der Waals surface area contributed by atoms with Crippen molar-refractivity contribution >= 4 is 47.4 Å². The Bertz CT molecular complexity index is 1660. The summed E-state index contributed by atoms with van der Waals surface area (Å²) in [6.07, 6.45) is 4.98. The number of pyridine rings is 1. The average Bonchev–Trinajstić information content (AvgIpc) is 3.70. The van der Waals surface area contributed by atoms with E-state index in [0.29, 0.717) is 12.8 Å². The summed E-state index contributed by atoms with van der Waals surface area (Å²) in [5.41, 5.74) is 17.3. The number of halogens is 1. The maximum absolute atomic E-state index is 14.0. The summed E-state index contributed by atoms with van der Waals surface area (Å²) < 4.78 is 0. The van der Waals surface area contributed by atoms with E-state index in [1.165, 1.54) is 4.90 Å². The van der Waals surface area contributed by atoms with E-state index in [4.69, 9.17) is 11.5 Å². The summed E-state index contributed by atoms with van der Waals surface area (Å²) in [4.78, 5) is 62.9. The first-order valence-corrected chi connectivity index (χ1v) is 18.6. The second-order valence-electron chi connectivity index (χ2n) is 14.6. The molecule has 14 heteroatoms. The van der Waals surface area contributed by atoms with Crippen molar-refractivity contribution in [2.45, 2.75) is 116 Å². The van der Waals surface area contributed by atoms with Gasteiger partial charge in [0.1, 0.15) is 12.1 Å². The van der Waals surface area contributed by atoms with Gasteiger partial charge in [-0.1, -0.05) is 51.5 Å². The first kappa shape index (κ1) is 42.5. The third-order valence-electron chi connectivity index (χ3n) is 9.36. The van der Waals surface area contributed by atoms with Gasteiger partial charge in [-0.25, -0.2) is 4.98 Å². The third kappa shape index (κ3) is 11.8. The Hall–Kier alpha value is -3.91. The van der Waals surface area contributed by atoms with Crippen molar-refractivity contribution in [3.63, 3.8) is 0 Å². The number of aryl methyl sites for hydroxylation is 2. The Morgan fingerprint density at radius 1 is 1.04 bits per heavy atom. The van der Waals surface area contributed by atoms with Crippen LogP contribution in [0.25, 0.3) is 10.4 Å². The summed E-state index contributed by atoms with van der Waals surface area (Å²) in [6.45, 7) is 9.50. The molecule has 7 N–H and O–H groups in total. The van der Waals surface area contributed by atoms with Crippen molar-refractivity contribution in [1.29, 1.82) is 0 Å². The number of nitrogens with two attached hydrogens (primary N) is 2. The molecule has 5 atom stereocenters. The standard InChI is InChI=1S/C38H53N7O5S.ClH/c1-23(26-11-13-27(14-12-26)34-24(2)42-22-51-34)43-36(49)31-20-28(46)21-45(31)37(50)35(38(3,4)5)44-33(48)10-8-6-7-9-25-17-18-41-30(19-25)29(39)15-16-32(40)47;/h11-14,17-19,22-23,28-29,31,35,46H,6-10,15-16,20-21,39H2,1-5H3,(H2,40,47)(H,43,49)(H,44,48);1H/t23-,28+,29-,31-,35+;/m0./s1. The molecule has 12 nitrogen and oxygen atoms in total. The van der Waals surface area contributed by atoms with Crippen molar-refractivity contribution in [1.82, 2.24) is 25.5 Å². The number of aliphatic hydroxyl groups excluding tert-OH is 1. The van der Waals surface area contributed by atoms with Gasteiger partial charge in [-0.2, -0.15) is 0 Å². The number of hydrogen-bond acceptors (Lipinski definition) is 9. The molecule has 1 aliphatic heterocycles. The number of aromatic nitrogens is 2. The molecule has 1 saturated heterocycles.